The second-order valence-corrected chi connectivity index (χ2v) is 6.50. The fourth-order valence-corrected chi connectivity index (χ4v) is 2.60. The van der Waals surface area contributed by atoms with Gasteiger partial charge in [0.1, 0.15) is 0 Å². The second-order valence-electron chi connectivity index (χ2n) is 6.50. The monoisotopic (exact) mass is 342 g/mol. The van der Waals surface area contributed by atoms with E-state index >= 15 is 0 Å². The molecule has 0 spiro atoms. The fourth-order valence-electron chi connectivity index (χ4n) is 2.60. The minimum absolute atomic E-state index is 0.0950. The van der Waals surface area contributed by atoms with Crippen LogP contribution < -0.4 is 0 Å². The van der Waals surface area contributed by atoms with E-state index in [0.29, 0.717) is 26.1 Å². The lowest BCUT2D eigenvalue weighted by Gasteiger charge is -2.31. The molecule has 0 aliphatic carbocycles. The molecule has 0 aromatic carbocycles. The highest BCUT2D eigenvalue weighted by Crippen LogP contribution is 2.04. The summed E-state index contributed by atoms with van der Waals surface area (Å²) in [6, 6.07) is 0. The van der Waals surface area contributed by atoms with Crippen molar-refractivity contribution in [3.05, 3.63) is 0 Å². The van der Waals surface area contributed by atoms with E-state index in [0.717, 1.165) is 64.8 Å². The third-order valence-electron chi connectivity index (χ3n) is 4.25. The highest BCUT2D eigenvalue weighted by atomic mass is 16.5. The van der Waals surface area contributed by atoms with Crippen molar-refractivity contribution in [3.63, 3.8) is 0 Å². The van der Waals surface area contributed by atoms with Gasteiger partial charge in [0.15, 0.2) is 0 Å². The average molecular weight is 342 g/mol. The molecule has 6 nitrogen and oxygen atoms in total. The molecule has 1 aliphatic rings. The number of rotatable bonds is 12. The van der Waals surface area contributed by atoms with Gasteiger partial charge in [0, 0.05) is 39.1 Å². The Morgan fingerprint density at radius 1 is 0.833 bits per heavy atom. The first kappa shape index (κ1) is 20.9. The van der Waals surface area contributed by atoms with Gasteiger partial charge in [-0.15, -0.1) is 0 Å². The molecule has 0 bridgehead atoms. The molecule has 1 rings (SSSR count). The molecule has 0 N–H and O–H groups in total. The van der Waals surface area contributed by atoms with Gasteiger partial charge in [-0.05, 0) is 39.2 Å². The third-order valence-corrected chi connectivity index (χ3v) is 4.25. The number of carbonyl (C=O) groups excluding carboxylic acids is 2. The first-order chi connectivity index (χ1) is 11.6. The Labute approximate surface area is 146 Å². The van der Waals surface area contributed by atoms with Gasteiger partial charge in [0.05, 0.1) is 19.6 Å². The van der Waals surface area contributed by atoms with E-state index in [-0.39, 0.29) is 11.9 Å². The van der Waals surface area contributed by atoms with Crippen LogP contribution >= 0.6 is 0 Å². The number of unbranched alkanes of at least 4 members (excludes halogenated alkanes) is 3. The van der Waals surface area contributed by atoms with Crippen molar-refractivity contribution in [2.24, 2.45) is 0 Å². The molecule has 0 atom stereocenters. The van der Waals surface area contributed by atoms with Gasteiger partial charge in [-0.25, -0.2) is 0 Å². The summed E-state index contributed by atoms with van der Waals surface area (Å²) in [6.45, 7) is 7.98. The normalized spacial score (nSPS) is 16.1. The van der Waals surface area contributed by atoms with E-state index in [9.17, 15) is 9.59 Å². The maximum atomic E-state index is 11.7. The van der Waals surface area contributed by atoms with E-state index in [4.69, 9.17) is 9.47 Å². The van der Waals surface area contributed by atoms with Crippen molar-refractivity contribution in [3.8, 4) is 0 Å². The SMILES string of the molecule is CCCC(=O)OCCCCCCOC(=O)CCN1CCN(C)CC1. The molecule has 0 amide bonds. The molecule has 0 aromatic heterocycles. The summed E-state index contributed by atoms with van der Waals surface area (Å²) in [6.07, 6.45) is 5.57. The number of ether oxygens (including phenoxy) is 2. The van der Waals surface area contributed by atoms with Gasteiger partial charge < -0.3 is 19.3 Å². The highest BCUT2D eigenvalue weighted by Gasteiger charge is 2.14. The lowest BCUT2D eigenvalue weighted by molar-refractivity contribution is -0.145. The number of nitrogens with zero attached hydrogens (tertiary/aromatic N) is 2. The van der Waals surface area contributed by atoms with Crippen LogP contribution in [0.4, 0.5) is 0 Å². The Hall–Kier alpha value is -1.14. The molecule has 0 unspecified atom stereocenters. The Balaban J connectivity index is 1.86. The maximum absolute atomic E-state index is 11.7. The lowest BCUT2D eigenvalue weighted by Crippen LogP contribution is -2.45. The van der Waals surface area contributed by atoms with Crippen LogP contribution in [0.2, 0.25) is 0 Å². The summed E-state index contributed by atoms with van der Waals surface area (Å²) >= 11 is 0. The van der Waals surface area contributed by atoms with Gasteiger partial charge in [0.25, 0.3) is 0 Å². The molecule has 1 saturated heterocycles. The van der Waals surface area contributed by atoms with Crippen LogP contribution in [0.15, 0.2) is 0 Å². The van der Waals surface area contributed by atoms with Crippen molar-refractivity contribution in [2.75, 3.05) is 53.0 Å². The Bertz CT molecular complexity index is 355. The van der Waals surface area contributed by atoms with Crippen molar-refractivity contribution < 1.29 is 19.1 Å². The van der Waals surface area contributed by atoms with Gasteiger partial charge in [-0.1, -0.05) is 6.92 Å². The predicted molar refractivity (Wildman–Crippen MR) is 93.8 cm³/mol. The van der Waals surface area contributed by atoms with Crippen LogP contribution in [0.5, 0.6) is 0 Å². The first-order valence-corrected chi connectivity index (χ1v) is 9.34. The van der Waals surface area contributed by atoms with Crippen molar-refractivity contribution >= 4 is 11.9 Å². The van der Waals surface area contributed by atoms with Crippen molar-refractivity contribution in [1.29, 1.82) is 0 Å². The highest BCUT2D eigenvalue weighted by molar-refractivity contribution is 5.69. The molecular weight excluding hydrogens is 308 g/mol. The standard InChI is InChI=1S/C18H34N2O4/c1-3-8-17(21)23-15-6-4-5-7-16-24-18(22)9-10-20-13-11-19(2)12-14-20/h3-16H2,1-2H3. The van der Waals surface area contributed by atoms with Crippen LogP contribution in [-0.2, 0) is 19.1 Å². The average Bonchev–Trinajstić information content (AvgIpc) is 2.57. The number of esters is 2. The smallest absolute Gasteiger partial charge is 0.307 e. The van der Waals surface area contributed by atoms with Gasteiger partial charge in [0.2, 0.25) is 0 Å². The molecule has 0 radical (unpaired) electrons. The van der Waals surface area contributed by atoms with Crippen molar-refractivity contribution in [2.45, 2.75) is 51.9 Å². The van der Waals surface area contributed by atoms with Crippen LogP contribution in [0.3, 0.4) is 0 Å². The largest absolute Gasteiger partial charge is 0.466 e. The lowest BCUT2D eigenvalue weighted by atomic mass is 10.2. The van der Waals surface area contributed by atoms with E-state index < -0.39 is 0 Å². The topological polar surface area (TPSA) is 59.1 Å². The Morgan fingerprint density at radius 2 is 1.38 bits per heavy atom. The zero-order valence-electron chi connectivity index (χ0n) is 15.4. The van der Waals surface area contributed by atoms with Crippen molar-refractivity contribution in [1.82, 2.24) is 9.80 Å². The molecule has 1 aliphatic heterocycles. The summed E-state index contributed by atoms with van der Waals surface area (Å²) < 4.78 is 10.4. The number of carbonyl (C=O) groups is 2. The molecule has 24 heavy (non-hydrogen) atoms. The third kappa shape index (κ3) is 10.6. The molecule has 6 heteroatoms. The van der Waals surface area contributed by atoms with Crippen LogP contribution in [0.1, 0.15) is 51.9 Å². The molecule has 0 saturated carbocycles. The zero-order chi connectivity index (χ0) is 17.6. The minimum Gasteiger partial charge on any atom is -0.466 e. The number of likely N-dealkylation sites (N-methyl/N-ethyl adjacent to an activating group) is 1. The summed E-state index contributed by atoms with van der Waals surface area (Å²) in [4.78, 5) is 27.5. The zero-order valence-corrected chi connectivity index (χ0v) is 15.4. The van der Waals surface area contributed by atoms with Gasteiger partial charge >= 0.3 is 11.9 Å². The minimum atomic E-state index is -0.105. The van der Waals surface area contributed by atoms with E-state index in [1.807, 2.05) is 6.92 Å². The summed E-state index contributed by atoms with van der Waals surface area (Å²) in [5, 5.41) is 0. The molecule has 1 fully saturated rings. The summed E-state index contributed by atoms with van der Waals surface area (Å²) in [5.41, 5.74) is 0. The predicted octanol–water partition coefficient (Wildman–Crippen LogP) is 2.07. The number of hydrogen-bond acceptors (Lipinski definition) is 6. The summed E-state index contributed by atoms with van der Waals surface area (Å²) in [5.74, 6) is -0.200. The van der Waals surface area contributed by atoms with Gasteiger partial charge in [-0.2, -0.15) is 0 Å². The van der Waals surface area contributed by atoms with E-state index in [1.54, 1.807) is 0 Å². The second kappa shape index (κ2) is 13.2. The molecule has 1 heterocycles. The Morgan fingerprint density at radius 3 is 1.92 bits per heavy atom. The molecule has 0 aromatic rings. The van der Waals surface area contributed by atoms with Gasteiger partial charge in [-0.3, -0.25) is 9.59 Å². The molecular formula is C18H34N2O4. The van der Waals surface area contributed by atoms with E-state index in [2.05, 4.69) is 16.8 Å². The fraction of sp³-hybridized carbons (Fsp3) is 0.889. The molecule has 140 valence electrons. The summed E-state index contributed by atoms with van der Waals surface area (Å²) in [7, 11) is 2.13. The quantitative estimate of drug-likeness (QED) is 0.400. The Kier molecular flexibility index (Phi) is 11.5. The van der Waals surface area contributed by atoms with Crippen LogP contribution in [0, 0.1) is 0 Å². The van der Waals surface area contributed by atoms with Crippen LogP contribution in [0.25, 0.3) is 0 Å². The van der Waals surface area contributed by atoms with Crippen LogP contribution in [-0.4, -0.2) is 74.7 Å². The van der Waals surface area contributed by atoms with E-state index in [1.165, 1.54) is 0 Å². The number of piperazine rings is 1. The maximum Gasteiger partial charge on any atom is 0.307 e. The number of hydrogen-bond donors (Lipinski definition) is 0. The first-order valence-electron chi connectivity index (χ1n) is 9.34.